The lowest BCUT2D eigenvalue weighted by atomic mass is 10.1. The van der Waals surface area contributed by atoms with Crippen LogP contribution in [0, 0.1) is 0 Å². The highest BCUT2D eigenvalue weighted by molar-refractivity contribution is 9.10. The topological polar surface area (TPSA) is 98.0 Å². The number of benzene rings is 1. The van der Waals surface area contributed by atoms with Crippen molar-refractivity contribution in [1.29, 1.82) is 0 Å². The number of rotatable bonds is 6. The monoisotopic (exact) mass is 352 g/mol. The molecule has 0 spiro atoms. The van der Waals surface area contributed by atoms with Crippen molar-refractivity contribution < 1.29 is 4.74 Å². The fourth-order valence-electron chi connectivity index (χ4n) is 1.73. The van der Waals surface area contributed by atoms with Gasteiger partial charge in [0.1, 0.15) is 0 Å². The molecule has 8 heteroatoms. The maximum Gasteiger partial charge on any atom is 0.323 e. The second-order valence-corrected chi connectivity index (χ2v) is 5.18. The molecule has 0 aliphatic carbocycles. The number of nitrogen functional groups attached to an aromatic ring is 1. The first-order valence-corrected chi connectivity index (χ1v) is 7.29. The Bertz CT molecular complexity index is 609. The van der Waals surface area contributed by atoms with Crippen LogP contribution in [0.1, 0.15) is 25.5 Å². The molecule has 0 aliphatic heterocycles. The molecule has 1 heterocycles. The molecular formula is C13H17BrN6O. The van der Waals surface area contributed by atoms with Gasteiger partial charge in [0, 0.05) is 4.47 Å². The summed E-state index contributed by atoms with van der Waals surface area (Å²) in [6, 6.07) is 8.25. The van der Waals surface area contributed by atoms with Gasteiger partial charge in [-0.25, -0.2) is 5.84 Å². The van der Waals surface area contributed by atoms with Crippen molar-refractivity contribution in [2.75, 3.05) is 17.3 Å². The normalized spacial score (nSPS) is 11.8. The molecule has 112 valence electrons. The lowest BCUT2D eigenvalue weighted by molar-refractivity contribution is 0.312. The van der Waals surface area contributed by atoms with Crippen molar-refractivity contribution in [3.8, 4) is 6.01 Å². The van der Waals surface area contributed by atoms with E-state index < -0.39 is 0 Å². The van der Waals surface area contributed by atoms with Gasteiger partial charge < -0.3 is 10.1 Å². The quantitative estimate of drug-likeness (QED) is 0.542. The van der Waals surface area contributed by atoms with Crippen LogP contribution in [-0.4, -0.2) is 21.6 Å². The number of hydrogen-bond acceptors (Lipinski definition) is 7. The molecule has 4 N–H and O–H groups in total. The second kappa shape index (κ2) is 7.19. The maximum atomic E-state index is 5.35. The van der Waals surface area contributed by atoms with E-state index in [0.29, 0.717) is 12.6 Å². The average molecular weight is 353 g/mol. The van der Waals surface area contributed by atoms with Crippen molar-refractivity contribution in [3.05, 3.63) is 34.3 Å². The van der Waals surface area contributed by atoms with Gasteiger partial charge in [-0.05, 0) is 31.5 Å². The van der Waals surface area contributed by atoms with Gasteiger partial charge in [0.15, 0.2) is 0 Å². The molecule has 0 bridgehead atoms. The number of nitrogens with one attached hydrogen (secondary N) is 2. The van der Waals surface area contributed by atoms with Crippen LogP contribution in [0.15, 0.2) is 28.7 Å². The van der Waals surface area contributed by atoms with E-state index in [1.165, 1.54) is 0 Å². The van der Waals surface area contributed by atoms with Crippen molar-refractivity contribution in [2.24, 2.45) is 5.84 Å². The Morgan fingerprint density at radius 2 is 2.05 bits per heavy atom. The summed E-state index contributed by atoms with van der Waals surface area (Å²) in [5.41, 5.74) is 3.50. The summed E-state index contributed by atoms with van der Waals surface area (Å²) < 4.78 is 6.31. The van der Waals surface area contributed by atoms with E-state index in [4.69, 9.17) is 10.6 Å². The van der Waals surface area contributed by atoms with Crippen molar-refractivity contribution in [2.45, 2.75) is 19.9 Å². The molecule has 0 fully saturated rings. The van der Waals surface area contributed by atoms with Crippen LogP contribution in [0.4, 0.5) is 11.9 Å². The third kappa shape index (κ3) is 4.27. The Labute approximate surface area is 131 Å². The van der Waals surface area contributed by atoms with Crippen LogP contribution in [0.2, 0.25) is 0 Å². The van der Waals surface area contributed by atoms with Gasteiger partial charge in [-0.3, -0.25) is 5.43 Å². The highest BCUT2D eigenvalue weighted by atomic mass is 79.9. The third-order valence-corrected chi connectivity index (χ3v) is 3.20. The minimum Gasteiger partial charge on any atom is -0.464 e. The first kappa shape index (κ1) is 15.5. The largest absolute Gasteiger partial charge is 0.464 e. The van der Waals surface area contributed by atoms with Crippen molar-refractivity contribution in [1.82, 2.24) is 15.0 Å². The zero-order valence-electron chi connectivity index (χ0n) is 11.8. The highest BCUT2D eigenvalue weighted by Crippen LogP contribution is 2.21. The number of hydrogen-bond donors (Lipinski definition) is 3. The smallest absolute Gasteiger partial charge is 0.323 e. The van der Waals surface area contributed by atoms with Crippen LogP contribution in [-0.2, 0) is 0 Å². The van der Waals surface area contributed by atoms with Gasteiger partial charge in [0.2, 0.25) is 11.9 Å². The van der Waals surface area contributed by atoms with Crippen LogP contribution in [0.3, 0.4) is 0 Å². The van der Waals surface area contributed by atoms with Gasteiger partial charge >= 0.3 is 6.01 Å². The first-order valence-electron chi connectivity index (χ1n) is 6.50. The van der Waals surface area contributed by atoms with Gasteiger partial charge in [0.25, 0.3) is 0 Å². The summed E-state index contributed by atoms with van der Waals surface area (Å²) in [7, 11) is 0. The van der Waals surface area contributed by atoms with Gasteiger partial charge in [-0.1, -0.05) is 28.1 Å². The van der Waals surface area contributed by atoms with Gasteiger partial charge in [-0.2, -0.15) is 15.0 Å². The van der Waals surface area contributed by atoms with E-state index in [9.17, 15) is 0 Å². The van der Waals surface area contributed by atoms with E-state index in [2.05, 4.69) is 41.6 Å². The van der Waals surface area contributed by atoms with Gasteiger partial charge in [-0.15, -0.1) is 0 Å². The molecule has 0 radical (unpaired) electrons. The first-order chi connectivity index (χ1) is 10.1. The molecule has 0 saturated heterocycles. The molecule has 0 aliphatic rings. The molecule has 1 unspecified atom stereocenters. The molecule has 0 saturated carbocycles. The maximum absolute atomic E-state index is 5.35. The molecule has 21 heavy (non-hydrogen) atoms. The number of aromatic nitrogens is 3. The molecular weight excluding hydrogens is 336 g/mol. The van der Waals surface area contributed by atoms with E-state index >= 15 is 0 Å². The Kier molecular flexibility index (Phi) is 5.29. The fourth-order valence-corrected chi connectivity index (χ4v) is 2.15. The minimum absolute atomic E-state index is 0.0185. The van der Waals surface area contributed by atoms with Gasteiger partial charge in [0.05, 0.1) is 12.6 Å². The highest BCUT2D eigenvalue weighted by Gasteiger charge is 2.11. The fraction of sp³-hybridized carbons (Fsp3) is 0.308. The minimum atomic E-state index is 0.0185. The molecule has 7 nitrogen and oxygen atoms in total. The molecule has 2 aromatic rings. The number of halogens is 1. The van der Waals surface area contributed by atoms with E-state index in [-0.39, 0.29) is 18.0 Å². The molecule has 0 amide bonds. The third-order valence-electron chi connectivity index (χ3n) is 2.71. The number of anilines is 2. The van der Waals surface area contributed by atoms with E-state index in [1.54, 1.807) is 0 Å². The molecule has 1 aromatic carbocycles. The summed E-state index contributed by atoms with van der Waals surface area (Å²) in [6.45, 7) is 4.34. The van der Waals surface area contributed by atoms with Crippen molar-refractivity contribution >= 4 is 27.8 Å². The summed E-state index contributed by atoms with van der Waals surface area (Å²) in [4.78, 5) is 12.4. The van der Waals surface area contributed by atoms with Crippen LogP contribution in [0.5, 0.6) is 6.01 Å². The number of hydrazine groups is 1. The Morgan fingerprint density at radius 1 is 1.29 bits per heavy atom. The van der Waals surface area contributed by atoms with Crippen LogP contribution < -0.4 is 21.3 Å². The Hall–Kier alpha value is -1.93. The average Bonchev–Trinajstić information content (AvgIpc) is 2.47. The predicted molar refractivity (Wildman–Crippen MR) is 85.0 cm³/mol. The number of ether oxygens (including phenoxy) is 1. The summed E-state index contributed by atoms with van der Waals surface area (Å²) in [5, 5.41) is 3.20. The molecule has 1 aromatic heterocycles. The zero-order chi connectivity index (χ0) is 15.2. The Morgan fingerprint density at radius 3 is 2.71 bits per heavy atom. The zero-order valence-corrected chi connectivity index (χ0v) is 13.4. The second-order valence-electron chi connectivity index (χ2n) is 4.26. The SMILES string of the molecule is CCOc1nc(NN)nc(NC(C)c2cccc(Br)c2)n1. The van der Waals surface area contributed by atoms with Crippen LogP contribution >= 0.6 is 15.9 Å². The predicted octanol–water partition coefficient (Wildman–Crippen LogP) is 2.49. The Balaban J connectivity index is 2.19. The lowest BCUT2D eigenvalue weighted by Crippen LogP contribution is -2.16. The number of nitrogens with zero attached hydrogens (tertiary/aromatic N) is 3. The molecule has 2 rings (SSSR count). The lowest BCUT2D eigenvalue weighted by Gasteiger charge is -2.15. The summed E-state index contributed by atoms with van der Waals surface area (Å²) in [6.07, 6.45) is 0. The van der Waals surface area contributed by atoms with E-state index in [0.717, 1.165) is 10.0 Å². The molecule has 1 atom stereocenters. The van der Waals surface area contributed by atoms with E-state index in [1.807, 2.05) is 38.1 Å². The summed E-state index contributed by atoms with van der Waals surface area (Å²) >= 11 is 3.46. The number of nitrogens with two attached hydrogens (primary N) is 1. The van der Waals surface area contributed by atoms with Crippen molar-refractivity contribution in [3.63, 3.8) is 0 Å². The standard InChI is InChI=1S/C13H17BrN6O/c1-3-21-13-18-11(17-12(19-13)20-15)16-8(2)9-5-4-6-10(14)7-9/h4-8H,3,15H2,1-2H3,(H2,16,17,18,19,20). The van der Waals surface area contributed by atoms with Crippen LogP contribution in [0.25, 0.3) is 0 Å². The summed E-state index contributed by atoms with van der Waals surface area (Å²) in [5.74, 6) is 6.00.